The molecule has 0 aliphatic rings. The zero-order chi connectivity index (χ0) is 19.9. The Morgan fingerprint density at radius 2 is 2.11 bits per heavy atom. The lowest BCUT2D eigenvalue weighted by molar-refractivity contribution is 0.0792. The summed E-state index contributed by atoms with van der Waals surface area (Å²) in [4.78, 5) is 12.5. The molecule has 28 heavy (non-hydrogen) atoms. The predicted molar refractivity (Wildman–Crippen MR) is 109 cm³/mol. The summed E-state index contributed by atoms with van der Waals surface area (Å²) in [5, 5.41) is 7.53. The van der Waals surface area contributed by atoms with Crippen molar-refractivity contribution in [2.24, 2.45) is 0 Å². The Kier molecular flexibility index (Phi) is 6.68. The number of anilines is 1. The summed E-state index contributed by atoms with van der Waals surface area (Å²) in [7, 11) is 0. The van der Waals surface area contributed by atoms with E-state index in [0.29, 0.717) is 42.0 Å². The van der Waals surface area contributed by atoms with Crippen LogP contribution in [-0.4, -0.2) is 22.3 Å². The van der Waals surface area contributed by atoms with E-state index in [-0.39, 0.29) is 5.91 Å². The number of carbonyl (C=O) groups is 1. The number of halogens is 1. The fourth-order valence-corrected chi connectivity index (χ4v) is 2.74. The van der Waals surface area contributed by atoms with Crippen molar-refractivity contribution in [2.75, 3.05) is 11.9 Å². The summed E-state index contributed by atoms with van der Waals surface area (Å²) in [6, 6.07) is 12.9. The topological polar surface area (TPSA) is 65.4 Å². The summed E-state index contributed by atoms with van der Waals surface area (Å²) in [6.07, 6.45) is 3.31. The largest absolute Gasteiger partial charge is 0.487 e. The lowest BCUT2D eigenvalue weighted by atomic mass is 10.1. The average Bonchev–Trinajstić information content (AvgIpc) is 3.14. The first-order valence-corrected chi connectivity index (χ1v) is 9.32. The molecule has 3 rings (SSSR count). The van der Waals surface area contributed by atoms with Gasteiger partial charge in [-0.25, -0.2) is 4.68 Å². The summed E-state index contributed by atoms with van der Waals surface area (Å²) in [6.45, 7) is 5.15. The Morgan fingerprint density at radius 3 is 2.93 bits per heavy atom. The number of rotatable bonds is 8. The van der Waals surface area contributed by atoms with Crippen LogP contribution in [0, 0.1) is 6.92 Å². The minimum absolute atomic E-state index is 0.216. The van der Waals surface area contributed by atoms with Crippen LogP contribution in [0.3, 0.4) is 0 Å². The summed E-state index contributed by atoms with van der Waals surface area (Å²) in [5.41, 5.74) is 3.08. The van der Waals surface area contributed by atoms with Gasteiger partial charge in [-0.1, -0.05) is 29.8 Å². The van der Waals surface area contributed by atoms with Crippen LogP contribution in [0.5, 0.6) is 5.75 Å². The summed E-state index contributed by atoms with van der Waals surface area (Å²) >= 11 is 6.16. The van der Waals surface area contributed by atoms with E-state index in [1.54, 1.807) is 29.2 Å². The molecule has 0 saturated carbocycles. The molecule has 1 heterocycles. The molecule has 7 heteroatoms. The van der Waals surface area contributed by atoms with Crippen molar-refractivity contribution < 1.29 is 14.3 Å². The van der Waals surface area contributed by atoms with Crippen LogP contribution < -0.4 is 10.1 Å². The van der Waals surface area contributed by atoms with E-state index >= 15 is 0 Å². The predicted octanol–water partition coefficient (Wildman–Crippen LogP) is 4.67. The van der Waals surface area contributed by atoms with E-state index < -0.39 is 0 Å². The monoisotopic (exact) mass is 399 g/mol. The van der Waals surface area contributed by atoms with Crippen molar-refractivity contribution in [3.8, 4) is 5.75 Å². The van der Waals surface area contributed by atoms with E-state index in [2.05, 4.69) is 10.4 Å². The van der Waals surface area contributed by atoms with Gasteiger partial charge in [-0.05, 0) is 49.2 Å². The smallest absolute Gasteiger partial charge is 0.255 e. The highest BCUT2D eigenvalue weighted by molar-refractivity contribution is 6.32. The second kappa shape index (κ2) is 9.39. The second-order valence-corrected chi connectivity index (χ2v) is 6.67. The van der Waals surface area contributed by atoms with E-state index in [4.69, 9.17) is 21.1 Å². The van der Waals surface area contributed by atoms with Gasteiger partial charge in [-0.15, -0.1) is 0 Å². The molecule has 6 nitrogen and oxygen atoms in total. The molecule has 1 aromatic heterocycles. The number of hydrogen-bond donors (Lipinski definition) is 1. The van der Waals surface area contributed by atoms with Crippen LogP contribution in [0.1, 0.15) is 28.4 Å². The van der Waals surface area contributed by atoms with Gasteiger partial charge in [-0.2, -0.15) is 5.10 Å². The number of ether oxygens (including phenoxy) is 2. The molecule has 0 aliphatic carbocycles. The fraction of sp³-hybridized carbons (Fsp3) is 0.238. The Labute approximate surface area is 169 Å². The minimum atomic E-state index is -0.216. The third-order valence-electron chi connectivity index (χ3n) is 3.99. The minimum Gasteiger partial charge on any atom is -0.487 e. The van der Waals surface area contributed by atoms with Gasteiger partial charge < -0.3 is 14.8 Å². The first-order chi connectivity index (χ1) is 13.5. The van der Waals surface area contributed by atoms with Crippen LogP contribution in [0.15, 0.2) is 54.9 Å². The number of aryl methyl sites for hydroxylation is 1. The van der Waals surface area contributed by atoms with Crippen molar-refractivity contribution in [2.45, 2.75) is 27.2 Å². The molecule has 146 valence electrons. The second-order valence-electron chi connectivity index (χ2n) is 6.27. The van der Waals surface area contributed by atoms with Gasteiger partial charge in [0.25, 0.3) is 5.91 Å². The van der Waals surface area contributed by atoms with Crippen molar-refractivity contribution in [1.82, 2.24) is 9.78 Å². The maximum absolute atomic E-state index is 12.5. The summed E-state index contributed by atoms with van der Waals surface area (Å²) in [5.74, 6) is 0.407. The van der Waals surface area contributed by atoms with Crippen LogP contribution in [0.4, 0.5) is 5.69 Å². The molecule has 2 aromatic carbocycles. The number of nitrogens with zero attached hydrogens (tertiary/aromatic N) is 2. The molecule has 0 radical (unpaired) electrons. The molecule has 0 aliphatic heterocycles. The molecule has 0 bridgehead atoms. The lowest BCUT2D eigenvalue weighted by Gasteiger charge is -2.10. The zero-order valence-corrected chi connectivity index (χ0v) is 16.6. The van der Waals surface area contributed by atoms with E-state index in [1.165, 1.54) is 0 Å². The van der Waals surface area contributed by atoms with Crippen molar-refractivity contribution in [3.05, 3.63) is 76.6 Å². The highest BCUT2D eigenvalue weighted by Crippen LogP contribution is 2.26. The van der Waals surface area contributed by atoms with Crippen LogP contribution in [0.2, 0.25) is 5.02 Å². The maximum Gasteiger partial charge on any atom is 0.255 e. The third kappa shape index (κ3) is 5.34. The Balaban J connectivity index is 1.62. The molecule has 0 saturated heterocycles. The molecule has 0 unspecified atom stereocenters. The SMILES string of the molecule is CCOCn1cc(NC(=O)c2cccc(COc3cc(C)ccc3Cl)c2)cn1. The maximum atomic E-state index is 12.5. The standard InChI is InChI=1S/C21H22ClN3O3/c1-3-27-14-25-12-18(11-23-25)24-21(26)17-6-4-5-16(10-17)13-28-20-9-15(2)7-8-19(20)22/h4-12H,3,13-14H2,1-2H3,(H,24,26). The molecule has 3 aromatic rings. The highest BCUT2D eigenvalue weighted by atomic mass is 35.5. The number of aromatic nitrogens is 2. The van der Waals surface area contributed by atoms with Crippen LogP contribution >= 0.6 is 11.6 Å². The van der Waals surface area contributed by atoms with Crippen LogP contribution in [-0.2, 0) is 18.1 Å². The van der Waals surface area contributed by atoms with Gasteiger partial charge in [0.2, 0.25) is 0 Å². The molecular formula is C21H22ClN3O3. The molecule has 1 amide bonds. The zero-order valence-electron chi connectivity index (χ0n) is 15.8. The molecule has 0 spiro atoms. The molecule has 0 atom stereocenters. The van der Waals surface area contributed by atoms with E-state index in [1.807, 2.05) is 44.2 Å². The Hall–Kier alpha value is -2.83. The van der Waals surface area contributed by atoms with Gasteiger partial charge in [-0.3, -0.25) is 4.79 Å². The van der Waals surface area contributed by atoms with E-state index in [0.717, 1.165) is 11.1 Å². The van der Waals surface area contributed by atoms with Gasteiger partial charge in [0, 0.05) is 12.2 Å². The fourth-order valence-electron chi connectivity index (χ4n) is 2.57. The number of hydrogen-bond acceptors (Lipinski definition) is 4. The van der Waals surface area contributed by atoms with Gasteiger partial charge in [0.1, 0.15) is 19.1 Å². The highest BCUT2D eigenvalue weighted by Gasteiger charge is 2.09. The third-order valence-corrected chi connectivity index (χ3v) is 4.30. The van der Waals surface area contributed by atoms with Gasteiger partial charge >= 0.3 is 0 Å². The molecular weight excluding hydrogens is 378 g/mol. The van der Waals surface area contributed by atoms with Crippen molar-refractivity contribution in [1.29, 1.82) is 0 Å². The van der Waals surface area contributed by atoms with E-state index in [9.17, 15) is 4.79 Å². The average molecular weight is 400 g/mol. The Bertz CT molecular complexity index is 956. The number of nitrogens with one attached hydrogen (secondary N) is 1. The number of benzene rings is 2. The van der Waals surface area contributed by atoms with Crippen molar-refractivity contribution in [3.63, 3.8) is 0 Å². The summed E-state index contributed by atoms with van der Waals surface area (Å²) < 4.78 is 12.7. The Morgan fingerprint density at radius 1 is 1.25 bits per heavy atom. The first-order valence-electron chi connectivity index (χ1n) is 8.94. The van der Waals surface area contributed by atoms with Gasteiger partial charge in [0.05, 0.1) is 23.1 Å². The first kappa shape index (κ1) is 19.9. The molecule has 1 N–H and O–H groups in total. The van der Waals surface area contributed by atoms with Crippen LogP contribution in [0.25, 0.3) is 0 Å². The van der Waals surface area contributed by atoms with Crippen molar-refractivity contribution >= 4 is 23.2 Å². The normalized spacial score (nSPS) is 10.7. The molecule has 0 fully saturated rings. The number of carbonyl (C=O) groups excluding carboxylic acids is 1. The lowest BCUT2D eigenvalue weighted by Crippen LogP contribution is -2.12. The number of amides is 1. The quantitative estimate of drug-likeness (QED) is 0.597. The van der Waals surface area contributed by atoms with Gasteiger partial charge in [0.15, 0.2) is 0 Å².